The molecule has 0 aliphatic rings. The third-order valence-electron chi connectivity index (χ3n) is 2.39. The third-order valence-corrected chi connectivity index (χ3v) is 4.29. The second-order valence-electron chi connectivity index (χ2n) is 3.70. The molecule has 0 fully saturated rings. The number of rotatable bonds is 2. The second kappa shape index (κ2) is 4.44. The highest BCUT2D eigenvalue weighted by atomic mass is 79.9. The maximum atomic E-state index is 13.1. The number of nitrogens with zero attached hydrogens (tertiary/aromatic N) is 1. The lowest BCUT2D eigenvalue weighted by molar-refractivity contribution is 0.104. The number of benzene rings is 1. The summed E-state index contributed by atoms with van der Waals surface area (Å²) in [5, 5.41) is 10.4. The molecule has 0 bridgehead atoms. The summed E-state index contributed by atoms with van der Waals surface area (Å²) in [4.78, 5) is 4.44. The van der Waals surface area contributed by atoms with E-state index in [2.05, 4.69) is 20.9 Å². The first kappa shape index (κ1) is 12.6. The molecule has 1 unspecified atom stereocenters. The van der Waals surface area contributed by atoms with Crippen molar-refractivity contribution in [3.63, 3.8) is 0 Å². The smallest absolute Gasteiger partial charge is 0.126 e. The molecular weight excluding hydrogens is 312 g/mol. The van der Waals surface area contributed by atoms with Gasteiger partial charge in [0, 0.05) is 6.07 Å². The van der Waals surface area contributed by atoms with Crippen molar-refractivity contribution in [1.82, 2.24) is 4.98 Å². The van der Waals surface area contributed by atoms with Crippen molar-refractivity contribution < 1.29 is 13.9 Å². The first-order valence-electron chi connectivity index (χ1n) is 4.69. The summed E-state index contributed by atoms with van der Waals surface area (Å²) in [5.41, 5.74) is 0.215. The third kappa shape index (κ3) is 2.38. The molecule has 0 radical (unpaired) electrons. The molecule has 90 valence electrons. The molecule has 1 aromatic carbocycles. The van der Waals surface area contributed by atoms with Crippen LogP contribution in [0.1, 0.15) is 17.4 Å². The van der Waals surface area contributed by atoms with Gasteiger partial charge >= 0.3 is 0 Å². The minimum absolute atomic E-state index is 0.153. The molecule has 6 heteroatoms. The van der Waals surface area contributed by atoms with E-state index in [-0.39, 0.29) is 5.56 Å². The summed E-state index contributed by atoms with van der Waals surface area (Å²) in [6.07, 6.45) is 0. The van der Waals surface area contributed by atoms with Gasteiger partial charge in [-0.2, -0.15) is 0 Å². The average molecular weight is 320 g/mol. The number of hydrogen-bond donors (Lipinski definition) is 1. The predicted octanol–water partition coefficient (Wildman–Crippen LogP) is 3.44. The van der Waals surface area contributed by atoms with Gasteiger partial charge in [-0.15, -0.1) is 11.3 Å². The molecule has 0 spiro atoms. The standard InChI is InChI=1S/C11H8BrF2NOS/c1-11(16,9-10(12)15-5-17-9)6-2-7(13)4-8(14)3-6/h2-5,16H,1H3. The Bertz CT molecular complexity index is 536. The highest BCUT2D eigenvalue weighted by Gasteiger charge is 2.30. The minimum atomic E-state index is -1.48. The fourth-order valence-electron chi connectivity index (χ4n) is 1.51. The van der Waals surface area contributed by atoms with Crippen LogP contribution in [0.3, 0.4) is 0 Å². The molecular formula is C11H8BrF2NOS. The van der Waals surface area contributed by atoms with Gasteiger partial charge in [0.15, 0.2) is 0 Å². The Morgan fingerprint density at radius 2 is 1.88 bits per heavy atom. The van der Waals surface area contributed by atoms with E-state index in [4.69, 9.17) is 0 Å². The summed E-state index contributed by atoms with van der Waals surface area (Å²) < 4.78 is 26.7. The van der Waals surface area contributed by atoms with Crippen LogP contribution >= 0.6 is 27.3 Å². The van der Waals surface area contributed by atoms with Crippen molar-refractivity contribution in [2.75, 3.05) is 0 Å². The second-order valence-corrected chi connectivity index (χ2v) is 5.31. The molecule has 1 atom stereocenters. The van der Waals surface area contributed by atoms with Crippen LogP contribution < -0.4 is 0 Å². The topological polar surface area (TPSA) is 33.1 Å². The number of halogens is 3. The van der Waals surface area contributed by atoms with Gasteiger partial charge < -0.3 is 5.11 Å². The van der Waals surface area contributed by atoms with Gasteiger partial charge in [-0.3, -0.25) is 0 Å². The molecule has 1 aromatic heterocycles. The zero-order chi connectivity index (χ0) is 12.6. The first-order chi connectivity index (χ1) is 7.91. The Kier molecular flexibility index (Phi) is 3.29. The van der Waals surface area contributed by atoms with Crippen LogP contribution in [0.2, 0.25) is 0 Å². The van der Waals surface area contributed by atoms with E-state index in [1.165, 1.54) is 18.3 Å². The van der Waals surface area contributed by atoms with Gasteiger partial charge in [0.2, 0.25) is 0 Å². The van der Waals surface area contributed by atoms with Crippen molar-refractivity contribution >= 4 is 27.3 Å². The van der Waals surface area contributed by atoms with Crippen LogP contribution in [0.5, 0.6) is 0 Å². The maximum absolute atomic E-state index is 13.1. The summed E-state index contributed by atoms with van der Waals surface area (Å²) >= 11 is 4.40. The van der Waals surface area contributed by atoms with E-state index in [0.717, 1.165) is 18.2 Å². The minimum Gasteiger partial charge on any atom is -0.380 e. The quantitative estimate of drug-likeness (QED) is 0.919. The van der Waals surface area contributed by atoms with Gasteiger partial charge in [-0.05, 0) is 40.5 Å². The van der Waals surface area contributed by atoms with Gasteiger partial charge in [0.05, 0.1) is 10.4 Å². The lowest BCUT2D eigenvalue weighted by atomic mass is 9.94. The van der Waals surface area contributed by atoms with Gasteiger partial charge in [0.1, 0.15) is 21.8 Å². The van der Waals surface area contributed by atoms with E-state index >= 15 is 0 Å². The summed E-state index contributed by atoms with van der Waals surface area (Å²) in [6.45, 7) is 1.47. The van der Waals surface area contributed by atoms with E-state index < -0.39 is 17.2 Å². The number of aliphatic hydroxyl groups is 1. The Morgan fingerprint density at radius 3 is 2.35 bits per heavy atom. The Morgan fingerprint density at radius 1 is 1.29 bits per heavy atom. The van der Waals surface area contributed by atoms with Gasteiger partial charge in [-0.25, -0.2) is 13.8 Å². The van der Waals surface area contributed by atoms with Crippen LogP contribution in [0.4, 0.5) is 8.78 Å². The molecule has 1 N–H and O–H groups in total. The number of hydrogen-bond acceptors (Lipinski definition) is 3. The molecule has 17 heavy (non-hydrogen) atoms. The van der Waals surface area contributed by atoms with Gasteiger partial charge in [0.25, 0.3) is 0 Å². The molecule has 0 saturated heterocycles. The zero-order valence-electron chi connectivity index (χ0n) is 8.75. The monoisotopic (exact) mass is 319 g/mol. The first-order valence-corrected chi connectivity index (χ1v) is 6.37. The predicted molar refractivity (Wildman–Crippen MR) is 64.8 cm³/mol. The lowest BCUT2D eigenvalue weighted by Crippen LogP contribution is -2.22. The summed E-state index contributed by atoms with van der Waals surface area (Å²) in [5.74, 6) is -1.44. The van der Waals surface area contributed by atoms with Crippen LogP contribution in [-0.2, 0) is 5.60 Å². The van der Waals surface area contributed by atoms with E-state index in [1.54, 1.807) is 5.51 Å². The van der Waals surface area contributed by atoms with E-state index in [9.17, 15) is 13.9 Å². The SMILES string of the molecule is CC(O)(c1cc(F)cc(F)c1)c1scnc1Br. The molecule has 0 aliphatic heterocycles. The van der Waals surface area contributed by atoms with Gasteiger partial charge in [-0.1, -0.05) is 0 Å². The number of thiazole rings is 1. The fraction of sp³-hybridized carbons (Fsp3) is 0.182. The normalized spacial score (nSPS) is 14.6. The summed E-state index contributed by atoms with van der Waals surface area (Å²) in [7, 11) is 0. The Labute approximate surface area is 109 Å². The van der Waals surface area contributed by atoms with Crippen LogP contribution in [0.25, 0.3) is 0 Å². The Hall–Kier alpha value is -0.850. The van der Waals surface area contributed by atoms with Crippen LogP contribution in [-0.4, -0.2) is 10.1 Å². The molecule has 0 aliphatic carbocycles. The number of aromatic nitrogens is 1. The van der Waals surface area contributed by atoms with Crippen molar-refractivity contribution in [3.8, 4) is 0 Å². The molecule has 2 nitrogen and oxygen atoms in total. The molecule has 2 aromatic rings. The molecule has 0 amide bonds. The van der Waals surface area contributed by atoms with Crippen LogP contribution in [0, 0.1) is 11.6 Å². The maximum Gasteiger partial charge on any atom is 0.126 e. The van der Waals surface area contributed by atoms with Crippen molar-refractivity contribution in [2.24, 2.45) is 0 Å². The molecule has 1 heterocycles. The summed E-state index contributed by atoms with van der Waals surface area (Å²) in [6, 6.07) is 2.98. The lowest BCUT2D eigenvalue weighted by Gasteiger charge is -2.22. The van der Waals surface area contributed by atoms with Crippen molar-refractivity contribution in [2.45, 2.75) is 12.5 Å². The van der Waals surface area contributed by atoms with Crippen molar-refractivity contribution in [1.29, 1.82) is 0 Å². The van der Waals surface area contributed by atoms with Crippen molar-refractivity contribution in [3.05, 3.63) is 50.4 Å². The highest BCUT2D eigenvalue weighted by Crippen LogP contribution is 2.36. The van der Waals surface area contributed by atoms with E-state index in [0.29, 0.717) is 9.48 Å². The Balaban J connectivity index is 2.55. The molecule has 2 rings (SSSR count). The zero-order valence-corrected chi connectivity index (χ0v) is 11.1. The van der Waals surface area contributed by atoms with Crippen LogP contribution in [0.15, 0.2) is 28.3 Å². The largest absolute Gasteiger partial charge is 0.380 e. The average Bonchev–Trinajstić information content (AvgIpc) is 2.63. The molecule has 0 saturated carbocycles. The fourth-order valence-corrected chi connectivity index (χ4v) is 3.18. The van der Waals surface area contributed by atoms with E-state index in [1.807, 2.05) is 0 Å². The highest BCUT2D eigenvalue weighted by molar-refractivity contribution is 9.10.